The van der Waals surface area contributed by atoms with E-state index in [1.165, 1.54) is 12.1 Å². The Morgan fingerprint density at radius 1 is 1.35 bits per heavy atom. The molecule has 0 amide bonds. The van der Waals surface area contributed by atoms with Gasteiger partial charge in [-0.15, -0.1) is 0 Å². The van der Waals surface area contributed by atoms with Crippen molar-refractivity contribution in [3.8, 4) is 5.75 Å². The smallest absolute Gasteiger partial charge is 0.181 e. The Morgan fingerprint density at radius 2 is 2.17 bits per heavy atom. The Bertz CT molecular complexity index is 831. The summed E-state index contributed by atoms with van der Waals surface area (Å²) in [6.45, 7) is 4.56. The zero-order chi connectivity index (χ0) is 16.4. The first-order chi connectivity index (χ1) is 11.1. The Labute approximate surface area is 133 Å². The van der Waals surface area contributed by atoms with E-state index in [0.717, 1.165) is 22.2 Å². The minimum atomic E-state index is -0.272. The summed E-state index contributed by atoms with van der Waals surface area (Å²) in [7, 11) is 1.59. The van der Waals surface area contributed by atoms with Crippen LogP contribution in [0.15, 0.2) is 30.5 Å². The maximum absolute atomic E-state index is 13.5. The van der Waals surface area contributed by atoms with Crippen molar-refractivity contribution in [3.05, 3.63) is 53.1 Å². The number of fused-ring (bicyclic) bond motifs is 1. The van der Waals surface area contributed by atoms with Gasteiger partial charge in [-0.25, -0.2) is 9.37 Å². The summed E-state index contributed by atoms with van der Waals surface area (Å²) in [4.78, 5) is 4.33. The highest BCUT2D eigenvalue weighted by molar-refractivity contribution is 5.77. The third kappa shape index (κ3) is 3.17. The van der Waals surface area contributed by atoms with E-state index >= 15 is 0 Å². The topological polar surface area (TPSA) is 62.8 Å². The number of ether oxygens (including phenoxy) is 1. The van der Waals surface area contributed by atoms with E-state index in [1.54, 1.807) is 19.4 Å². The van der Waals surface area contributed by atoms with Crippen LogP contribution in [0.5, 0.6) is 5.75 Å². The van der Waals surface area contributed by atoms with Crippen LogP contribution in [0.25, 0.3) is 11.0 Å². The molecular formula is C17H19FN4O. The molecule has 0 spiro atoms. The summed E-state index contributed by atoms with van der Waals surface area (Å²) >= 11 is 0. The fourth-order valence-corrected chi connectivity index (χ4v) is 2.58. The van der Waals surface area contributed by atoms with Gasteiger partial charge in [-0.3, -0.25) is 5.10 Å². The first-order valence-corrected chi connectivity index (χ1v) is 7.45. The molecule has 0 aliphatic heterocycles. The van der Waals surface area contributed by atoms with Crippen LogP contribution < -0.4 is 10.1 Å². The van der Waals surface area contributed by atoms with Crippen molar-refractivity contribution in [2.75, 3.05) is 7.11 Å². The number of nitrogens with one attached hydrogen (secondary N) is 2. The zero-order valence-corrected chi connectivity index (χ0v) is 13.4. The van der Waals surface area contributed by atoms with E-state index < -0.39 is 0 Å². The highest BCUT2D eigenvalue weighted by Crippen LogP contribution is 2.26. The van der Waals surface area contributed by atoms with Gasteiger partial charge in [0.15, 0.2) is 5.65 Å². The van der Waals surface area contributed by atoms with Crippen LogP contribution in [0.3, 0.4) is 0 Å². The number of aromatic amines is 1. The van der Waals surface area contributed by atoms with Crippen LogP contribution >= 0.6 is 0 Å². The first kappa shape index (κ1) is 15.4. The molecule has 0 fully saturated rings. The predicted molar refractivity (Wildman–Crippen MR) is 86.8 cm³/mol. The molecule has 0 saturated carbocycles. The number of nitrogens with zero attached hydrogens (tertiary/aromatic N) is 2. The van der Waals surface area contributed by atoms with Crippen molar-refractivity contribution in [3.63, 3.8) is 0 Å². The van der Waals surface area contributed by atoms with Gasteiger partial charge in [0, 0.05) is 35.4 Å². The van der Waals surface area contributed by atoms with Gasteiger partial charge in [0.05, 0.1) is 7.11 Å². The molecule has 3 aromatic rings. The van der Waals surface area contributed by atoms with Crippen molar-refractivity contribution in [2.24, 2.45) is 0 Å². The number of halogens is 1. The van der Waals surface area contributed by atoms with Crippen LogP contribution in [0.4, 0.5) is 4.39 Å². The molecule has 120 valence electrons. The van der Waals surface area contributed by atoms with Gasteiger partial charge in [0.2, 0.25) is 0 Å². The van der Waals surface area contributed by atoms with Gasteiger partial charge in [0.25, 0.3) is 0 Å². The van der Waals surface area contributed by atoms with Crippen molar-refractivity contribution in [1.82, 2.24) is 20.5 Å². The summed E-state index contributed by atoms with van der Waals surface area (Å²) in [5, 5.41) is 11.4. The quantitative estimate of drug-likeness (QED) is 0.759. The van der Waals surface area contributed by atoms with Crippen molar-refractivity contribution in [2.45, 2.75) is 26.4 Å². The SMILES string of the molecule is COc1ccc(F)cc1[C@H](C)NCc1cnc2n[nH]c(C)c2c1. The summed E-state index contributed by atoms with van der Waals surface area (Å²) in [6, 6.07) is 6.55. The fraction of sp³-hybridized carbons (Fsp3) is 0.294. The Hall–Kier alpha value is -2.47. The van der Waals surface area contributed by atoms with Crippen LogP contribution in [0.2, 0.25) is 0 Å². The molecule has 0 aliphatic rings. The van der Waals surface area contributed by atoms with Gasteiger partial charge >= 0.3 is 0 Å². The largest absolute Gasteiger partial charge is 0.496 e. The van der Waals surface area contributed by atoms with Gasteiger partial charge in [-0.05, 0) is 43.7 Å². The van der Waals surface area contributed by atoms with E-state index in [1.807, 2.05) is 13.8 Å². The number of hydrogen-bond acceptors (Lipinski definition) is 4. The fourth-order valence-electron chi connectivity index (χ4n) is 2.58. The molecule has 5 nitrogen and oxygen atoms in total. The molecule has 0 aliphatic carbocycles. The summed E-state index contributed by atoms with van der Waals surface area (Å²) in [5.41, 5.74) is 3.55. The summed E-state index contributed by atoms with van der Waals surface area (Å²) in [6.07, 6.45) is 1.80. The Kier molecular flexibility index (Phi) is 4.25. The van der Waals surface area contributed by atoms with Crippen LogP contribution in [-0.4, -0.2) is 22.3 Å². The van der Waals surface area contributed by atoms with Crippen LogP contribution in [0.1, 0.15) is 29.8 Å². The lowest BCUT2D eigenvalue weighted by molar-refractivity contribution is 0.399. The number of hydrogen-bond donors (Lipinski definition) is 2. The number of benzene rings is 1. The minimum Gasteiger partial charge on any atom is -0.496 e. The number of rotatable bonds is 5. The molecule has 2 aromatic heterocycles. The summed E-state index contributed by atoms with van der Waals surface area (Å²) < 4.78 is 18.8. The molecule has 0 unspecified atom stereocenters. The van der Waals surface area contributed by atoms with Gasteiger partial charge in [-0.2, -0.15) is 5.10 Å². The molecule has 1 atom stereocenters. The molecule has 0 bridgehead atoms. The van der Waals surface area contributed by atoms with E-state index in [0.29, 0.717) is 17.9 Å². The monoisotopic (exact) mass is 314 g/mol. The zero-order valence-electron chi connectivity index (χ0n) is 13.4. The Balaban J connectivity index is 1.76. The second-order valence-electron chi connectivity index (χ2n) is 5.55. The normalized spacial score (nSPS) is 12.5. The highest BCUT2D eigenvalue weighted by atomic mass is 19.1. The molecule has 23 heavy (non-hydrogen) atoms. The van der Waals surface area contributed by atoms with Crippen molar-refractivity contribution in [1.29, 1.82) is 0 Å². The third-order valence-corrected chi connectivity index (χ3v) is 3.93. The maximum atomic E-state index is 13.5. The number of pyridine rings is 1. The maximum Gasteiger partial charge on any atom is 0.181 e. The molecule has 0 radical (unpaired) electrons. The molecule has 2 heterocycles. The lowest BCUT2D eigenvalue weighted by atomic mass is 10.1. The van der Waals surface area contributed by atoms with Gasteiger partial charge in [0.1, 0.15) is 11.6 Å². The third-order valence-electron chi connectivity index (χ3n) is 3.93. The lowest BCUT2D eigenvalue weighted by Gasteiger charge is -2.17. The predicted octanol–water partition coefficient (Wildman–Crippen LogP) is 3.26. The molecule has 3 rings (SSSR count). The molecule has 1 aromatic carbocycles. The number of aromatic nitrogens is 3. The van der Waals surface area contributed by atoms with E-state index in [4.69, 9.17) is 4.74 Å². The van der Waals surface area contributed by atoms with Crippen LogP contribution in [-0.2, 0) is 6.54 Å². The molecule has 2 N–H and O–H groups in total. The van der Waals surface area contributed by atoms with Crippen molar-refractivity contribution < 1.29 is 9.13 Å². The van der Waals surface area contributed by atoms with Gasteiger partial charge < -0.3 is 10.1 Å². The molecule has 6 heteroatoms. The van der Waals surface area contributed by atoms with E-state index in [-0.39, 0.29) is 11.9 Å². The molecular weight excluding hydrogens is 295 g/mol. The lowest BCUT2D eigenvalue weighted by Crippen LogP contribution is -2.19. The van der Waals surface area contributed by atoms with Gasteiger partial charge in [-0.1, -0.05) is 0 Å². The average molecular weight is 314 g/mol. The standard InChI is InChI=1S/C17H19FN4O/c1-10(14-7-13(18)4-5-16(14)23-3)19-8-12-6-15-11(2)21-22-17(15)20-9-12/h4-7,9-10,19H,8H2,1-3H3,(H,20,21,22)/t10-/m0/s1. The minimum absolute atomic E-state index is 0.0539. The van der Waals surface area contributed by atoms with Crippen molar-refractivity contribution >= 4 is 11.0 Å². The number of methoxy groups -OCH3 is 1. The second kappa shape index (κ2) is 6.34. The molecule has 0 saturated heterocycles. The number of H-pyrrole nitrogens is 1. The Morgan fingerprint density at radius 3 is 2.96 bits per heavy atom. The highest BCUT2D eigenvalue weighted by Gasteiger charge is 2.13. The average Bonchev–Trinajstić information content (AvgIpc) is 2.93. The second-order valence-corrected chi connectivity index (χ2v) is 5.55. The van der Waals surface area contributed by atoms with E-state index in [2.05, 4.69) is 26.6 Å². The van der Waals surface area contributed by atoms with Crippen LogP contribution in [0, 0.1) is 12.7 Å². The first-order valence-electron chi connectivity index (χ1n) is 7.45. The summed E-state index contributed by atoms with van der Waals surface area (Å²) in [5.74, 6) is 0.400. The van der Waals surface area contributed by atoms with E-state index in [9.17, 15) is 4.39 Å². The number of aryl methyl sites for hydroxylation is 1.